The molecule has 1 N–H and O–H groups in total. The highest BCUT2D eigenvalue weighted by Gasteiger charge is 2.38. The van der Waals surface area contributed by atoms with Crippen LogP contribution in [0.2, 0.25) is 0 Å². The zero-order chi connectivity index (χ0) is 15.0. The predicted octanol–water partition coefficient (Wildman–Crippen LogP) is 4.83. The second-order valence-electron chi connectivity index (χ2n) is 8.07. The first-order valence-electron chi connectivity index (χ1n) is 7.65. The highest BCUT2D eigenvalue weighted by Crippen LogP contribution is 2.45. The van der Waals surface area contributed by atoms with Gasteiger partial charge in [-0.2, -0.15) is 0 Å². The Hall–Kier alpha value is -0.890. The van der Waals surface area contributed by atoms with Gasteiger partial charge in [-0.25, -0.2) is 4.39 Å². The normalized spacial score (nSPS) is 21.9. The van der Waals surface area contributed by atoms with Crippen LogP contribution in [0.3, 0.4) is 0 Å². The molecule has 0 spiro atoms. The number of rotatable bonds is 3. The van der Waals surface area contributed by atoms with E-state index < -0.39 is 0 Å². The zero-order valence-corrected chi connectivity index (χ0v) is 13.5. The second-order valence-corrected chi connectivity index (χ2v) is 8.07. The Kier molecular flexibility index (Phi) is 4.24. The lowest BCUT2D eigenvalue weighted by Gasteiger charge is -2.45. The molecule has 1 aliphatic rings. The summed E-state index contributed by atoms with van der Waals surface area (Å²) < 4.78 is 13.3. The topological polar surface area (TPSA) is 12.0 Å². The number of halogens is 1. The SMILES string of the molecule is Cc1cc(CNC2CC(C)(C)CC(C)(C)C2)ccc1F. The van der Waals surface area contributed by atoms with Crippen molar-refractivity contribution in [3.05, 3.63) is 35.1 Å². The molecule has 0 amide bonds. The maximum Gasteiger partial charge on any atom is 0.126 e. The molecule has 1 aliphatic carbocycles. The second kappa shape index (κ2) is 5.48. The van der Waals surface area contributed by atoms with Crippen molar-refractivity contribution < 1.29 is 4.39 Å². The summed E-state index contributed by atoms with van der Waals surface area (Å²) in [5.74, 6) is -0.117. The van der Waals surface area contributed by atoms with E-state index in [4.69, 9.17) is 0 Å². The maximum atomic E-state index is 13.3. The molecule has 0 atom stereocenters. The van der Waals surface area contributed by atoms with Crippen LogP contribution in [0.15, 0.2) is 18.2 Å². The van der Waals surface area contributed by atoms with Gasteiger partial charge in [-0.3, -0.25) is 0 Å². The van der Waals surface area contributed by atoms with Crippen molar-refractivity contribution in [2.24, 2.45) is 10.8 Å². The summed E-state index contributed by atoms with van der Waals surface area (Å²) in [6, 6.07) is 5.95. The third-order valence-electron chi connectivity index (χ3n) is 4.37. The van der Waals surface area contributed by atoms with E-state index in [0.29, 0.717) is 16.9 Å². The van der Waals surface area contributed by atoms with Gasteiger partial charge in [0, 0.05) is 12.6 Å². The van der Waals surface area contributed by atoms with E-state index in [-0.39, 0.29) is 5.82 Å². The van der Waals surface area contributed by atoms with E-state index >= 15 is 0 Å². The highest BCUT2D eigenvalue weighted by atomic mass is 19.1. The minimum absolute atomic E-state index is 0.117. The van der Waals surface area contributed by atoms with Gasteiger partial charge in [0.15, 0.2) is 0 Å². The third-order valence-corrected chi connectivity index (χ3v) is 4.37. The Bertz CT molecular complexity index is 460. The Morgan fingerprint density at radius 3 is 2.30 bits per heavy atom. The van der Waals surface area contributed by atoms with E-state index in [2.05, 4.69) is 33.0 Å². The van der Waals surface area contributed by atoms with Gasteiger partial charge >= 0.3 is 0 Å². The molecule has 0 bridgehead atoms. The molecule has 0 aromatic heterocycles. The maximum absolute atomic E-state index is 13.3. The number of hydrogen-bond acceptors (Lipinski definition) is 1. The summed E-state index contributed by atoms with van der Waals surface area (Å²) in [5.41, 5.74) is 2.70. The predicted molar refractivity (Wildman–Crippen MR) is 83.2 cm³/mol. The molecule has 2 heteroatoms. The van der Waals surface area contributed by atoms with Crippen molar-refractivity contribution in [3.63, 3.8) is 0 Å². The quantitative estimate of drug-likeness (QED) is 0.834. The Balaban J connectivity index is 1.98. The molecule has 1 saturated carbocycles. The van der Waals surface area contributed by atoms with Gasteiger partial charge in [0.2, 0.25) is 0 Å². The standard InChI is InChI=1S/C18H28FN/c1-13-8-14(6-7-16(13)19)11-20-15-9-17(2,3)12-18(4,5)10-15/h6-8,15,20H,9-12H2,1-5H3. The smallest absolute Gasteiger partial charge is 0.126 e. The fourth-order valence-corrected chi connectivity index (χ4v) is 4.07. The molecule has 0 saturated heterocycles. The van der Waals surface area contributed by atoms with Gasteiger partial charge in [-0.05, 0) is 54.2 Å². The van der Waals surface area contributed by atoms with Gasteiger partial charge < -0.3 is 5.32 Å². The van der Waals surface area contributed by atoms with E-state index in [1.165, 1.54) is 24.8 Å². The summed E-state index contributed by atoms with van der Waals surface area (Å²) >= 11 is 0. The Morgan fingerprint density at radius 1 is 1.15 bits per heavy atom. The molecule has 0 unspecified atom stereocenters. The first kappa shape index (κ1) is 15.5. The zero-order valence-electron chi connectivity index (χ0n) is 13.5. The largest absolute Gasteiger partial charge is 0.310 e. The molecule has 2 rings (SSSR count). The summed E-state index contributed by atoms with van der Waals surface area (Å²) in [4.78, 5) is 0. The molecule has 20 heavy (non-hydrogen) atoms. The minimum atomic E-state index is -0.117. The van der Waals surface area contributed by atoms with Crippen LogP contribution in [0.4, 0.5) is 4.39 Å². The number of aryl methyl sites for hydroxylation is 1. The van der Waals surface area contributed by atoms with Crippen molar-refractivity contribution >= 4 is 0 Å². The number of nitrogens with one attached hydrogen (secondary N) is 1. The van der Waals surface area contributed by atoms with Crippen LogP contribution in [0.25, 0.3) is 0 Å². The van der Waals surface area contributed by atoms with E-state index in [0.717, 1.165) is 12.1 Å². The molecule has 0 aliphatic heterocycles. The van der Waals surface area contributed by atoms with Crippen LogP contribution in [0.5, 0.6) is 0 Å². The molecule has 1 aromatic rings. The molecule has 1 nitrogen and oxygen atoms in total. The van der Waals surface area contributed by atoms with Gasteiger partial charge in [-0.15, -0.1) is 0 Å². The molecule has 112 valence electrons. The fraction of sp³-hybridized carbons (Fsp3) is 0.667. The third kappa shape index (κ3) is 4.05. The van der Waals surface area contributed by atoms with E-state index in [1.54, 1.807) is 6.07 Å². The lowest BCUT2D eigenvalue weighted by Crippen LogP contribution is -2.43. The molecule has 1 aromatic carbocycles. The van der Waals surface area contributed by atoms with Gasteiger partial charge in [-0.1, -0.05) is 39.8 Å². The van der Waals surface area contributed by atoms with Crippen molar-refractivity contribution in [2.75, 3.05) is 0 Å². The average molecular weight is 277 g/mol. The first-order valence-corrected chi connectivity index (χ1v) is 7.65. The summed E-state index contributed by atoms with van der Waals surface area (Å²) in [6.45, 7) is 12.1. The van der Waals surface area contributed by atoms with Crippen molar-refractivity contribution in [2.45, 2.75) is 66.5 Å². The van der Waals surface area contributed by atoms with E-state index in [9.17, 15) is 4.39 Å². The summed E-state index contributed by atoms with van der Waals surface area (Å²) in [6.07, 6.45) is 3.72. The Labute approximate surface area is 123 Å². The lowest BCUT2D eigenvalue weighted by molar-refractivity contribution is 0.0845. The summed E-state index contributed by atoms with van der Waals surface area (Å²) in [5, 5.41) is 3.67. The highest BCUT2D eigenvalue weighted by molar-refractivity contribution is 5.23. The minimum Gasteiger partial charge on any atom is -0.310 e. The van der Waals surface area contributed by atoms with Crippen molar-refractivity contribution in [1.82, 2.24) is 5.32 Å². The van der Waals surface area contributed by atoms with Crippen LogP contribution in [-0.4, -0.2) is 6.04 Å². The Morgan fingerprint density at radius 2 is 1.75 bits per heavy atom. The van der Waals surface area contributed by atoms with Gasteiger partial charge in [0.05, 0.1) is 0 Å². The van der Waals surface area contributed by atoms with Crippen molar-refractivity contribution in [1.29, 1.82) is 0 Å². The lowest BCUT2D eigenvalue weighted by atomic mass is 9.63. The number of benzene rings is 1. The monoisotopic (exact) mass is 277 g/mol. The molecule has 1 fully saturated rings. The van der Waals surface area contributed by atoms with Crippen LogP contribution >= 0.6 is 0 Å². The molecular weight excluding hydrogens is 249 g/mol. The molecular formula is C18H28FN. The van der Waals surface area contributed by atoms with Gasteiger partial charge in [0.1, 0.15) is 5.82 Å². The number of hydrogen-bond donors (Lipinski definition) is 1. The van der Waals surface area contributed by atoms with Gasteiger partial charge in [0.25, 0.3) is 0 Å². The van der Waals surface area contributed by atoms with Crippen molar-refractivity contribution in [3.8, 4) is 0 Å². The molecule has 0 heterocycles. The molecule has 0 radical (unpaired) electrons. The van der Waals surface area contributed by atoms with Crippen LogP contribution < -0.4 is 5.32 Å². The average Bonchev–Trinajstić information content (AvgIpc) is 2.27. The van der Waals surface area contributed by atoms with E-state index in [1.807, 2.05) is 19.1 Å². The van der Waals surface area contributed by atoms with Crippen LogP contribution in [-0.2, 0) is 6.54 Å². The summed E-state index contributed by atoms with van der Waals surface area (Å²) in [7, 11) is 0. The van der Waals surface area contributed by atoms with Crippen LogP contribution in [0, 0.1) is 23.6 Å². The first-order chi connectivity index (χ1) is 9.17. The fourth-order valence-electron chi connectivity index (χ4n) is 4.07. The van der Waals surface area contributed by atoms with Crippen LogP contribution in [0.1, 0.15) is 58.1 Å².